The molecule has 3 heteroatoms. The maximum absolute atomic E-state index is 11.0. The van der Waals surface area contributed by atoms with Crippen LogP contribution in [-0.2, 0) is 4.79 Å². The van der Waals surface area contributed by atoms with Crippen molar-refractivity contribution in [3.63, 3.8) is 0 Å². The van der Waals surface area contributed by atoms with Gasteiger partial charge in [0.05, 0.1) is 12.0 Å². The van der Waals surface area contributed by atoms with Crippen molar-refractivity contribution in [1.29, 1.82) is 0 Å². The molecular weight excluding hydrogens is 180 g/mol. The van der Waals surface area contributed by atoms with Crippen LogP contribution in [0.4, 0.5) is 0 Å². The molecule has 2 rings (SSSR count). The summed E-state index contributed by atoms with van der Waals surface area (Å²) in [7, 11) is 0. The highest BCUT2D eigenvalue weighted by Gasteiger charge is 2.30. The Morgan fingerprint density at radius 1 is 1.50 bits per heavy atom. The van der Waals surface area contributed by atoms with E-state index >= 15 is 0 Å². The summed E-state index contributed by atoms with van der Waals surface area (Å²) in [5.41, 5.74) is 0.790. The van der Waals surface area contributed by atoms with Crippen molar-refractivity contribution >= 4 is 5.97 Å². The van der Waals surface area contributed by atoms with Gasteiger partial charge in [0.2, 0.25) is 0 Å². The van der Waals surface area contributed by atoms with E-state index in [0.717, 1.165) is 5.56 Å². The molecule has 0 saturated heterocycles. The number of rotatable bonds is 1. The maximum Gasteiger partial charge on any atom is 0.311 e. The van der Waals surface area contributed by atoms with Crippen LogP contribution in [0.5, 0.6) is 5.75 Å². The fourth-order valence-electron chi connectivity index (χ4n) is 1.83. The van der Waals surface area contributed by atoms with Crippen LogP contribution in [0.25, 0.3) is 0 Å². The second-order valence-electron chi connectivity index (χ2n) is 3.59. The zero-order chi connectivity index (χ0) is 10.1. The van der Waals surface area contributed by atoms with Gasteiger partial charge in [-0.1, -0.05) is 18.2 Å². The van der Waals surface area contributed by atoms with Crippen LogP contribution < -0.4 is 4.74 Å². The van der Waals surface area contributed by atoms with Gasteiger partial charge in [-0.3, -0.25) is 4.79 Å². The lowest BCUT2D eigenvalue weighted by Crippen LogP contribution is -2.26. The molecule has 0 aliphatic carbocycles. The topological polar surface area (TPSA) is 46.5 Å². The molecule has 0 amide bonds. The quantitative estimate of drug-likeness (QED) is 0.740. The van der Waals surface area contributed by atoms with E-state index in [0.29, 0.717) is 12.2 Å². The third-order valence-corrected chi connectivity index (χ3v) is 2.49. The Morgan fingerprint density at radius 2 is 2.21 bits per heavy atom. The molecule has 0 bridgehead atoms. The van der Waals surface area contributed by atoms with Crippen molar-refractivity contribution in [2.24, 2.45) is 0 Å². The largest absolute Gasteiger partial charge is 0.490 e. The van der Waals surface area contributed by atoms with Crippen molar-refractivity contribution in [3.8, 4) is 5.75 Å². The molecule has 0 saturated carbocycles. The minimum atomic E-state index is -0.771. The van der Waals surface area contributed by atoms with Gasteiger partial charge in [0, 0.05) is 12.0 Å². The van der Waals surface area contributed by atoms with Gasteiger partial charge < -0.3 is 9.84 Å². The first-order valence-electron chi connectivity index (χ1n) is 4.67. The second-order valence-corrected chi connectivity index (χ2v) is 3.59. The number of hydrogen-bond acceptors (Lipinski definition) is 2. The first kappa shape index (κ1) is 9.06. The molecule has 1 N–H and O–H groups in total. The Bertz CT molecular complexity index is 359. The number of ether oxygens (including phenoxy) is 1. The minimum Gasteiger partial charge on any atom is -0.490 e. The minimum absolute atomic E-state index is 0.0222. The Labute approximate surface area is 82.3 Å². The summed E-state index contributed by atoms with van der Waals surface area (Å²) in [6.45, 7) is 1.89. The monoisotopic (exact) mass is 192 g/mol. The van der Waals surface area contributed by atoms with Gasteiger partial charge in [0.25, 0.3) is 0 Å². The lowest BCUT2D eigenvalue weighted by atomic mass is 9.90. The number of para-hydroxylation sites is 1. The van der Waals surface area contributed by atoms with Crippen LogP contribution in [0.3, 0.4) is 0 Å². The summed E-state index contributed by atoms with van der Waals surface area (Å²) in [5.74, 6) is -0.485. The average molecular weight is 192 g/mol. The molecule has 1 heterocycles. The lowest BCUT2D eigenvalue weighted by Gasteiger charge is -2.27. The zero-order valence-electron chi connectivity index (χ0n) is 7.93. The SMILES string of the molecule is CC1CC(C(=O)O)c2ccccc2O1. The van der Waals surface area contributed by atoms with E-state index in [9.17, 15) is 4.79 Å². The Hall–Kier alpha value is -1.51. The van der Waals surface area contributed by atoms with Crippen LogP contribution >= 0.6 is 0 Å². The van der Waals surface area contributed by atoms with E-state index in [1.165, 1.54) is 0 Å². The molecule has 74 valence electrons. The highest BCUT2D eigenvalue weighted by Crippen LogP contribution is 2.35. The van der Waals surface area contributed by atoms with Gasteiger partial charge >= 0.3 is 5.97 Å². The normalized spacial score (nSPS) is 24.9. The van der Waals surface area contributed by atoms with Crippen molar-refractivity contribution in [2.45, 2.75) is 25.4 Å². The maximum atomic E-state index is 11.0. The summed E-state index contributed by atoms with van der Waals surface area (Å²) in [4.78, 5) is 11.0. The van der Waals surface area contributed by atoms with Gasteiger partial charge in [-0.2, -0.15) is 0 Å². The fraction of sp³-hybridized carbons (Fsp3) is 0.364. The zero-order valence-corrected chi connectivity index (χ0v) is 7.93. The molecular formula is C11H12O3. The standard InChI is InChI=1S/C11H12O3/c1-7-6-9(11(12)13)8-4-2-3-5-10(8)14-7/h2-5,7,9H,6H2,1H3,(H,12,13). The number of carboxylic acid groups (broad SMARTS) is 1. The van der Waals surface area contributed by atoms with Crippen LogP contribution in [-0.4, -0.2) is 17.2 Å². The third kappa shape index (κ3) is 1.45. The second kappa shape index (κ2) is 3.33. The van der Waals surface area contributed by atoms with E-state index in [1.807, 2.05) is 31.2 Å². The summed E-state index contributed by atoms with van der Waals surface area (Å²) in [6.07, 6.45) is 0.526. The summed E-state index contributed by atoms with van der Waals surface area (Å²) >= 11 is 0. The fourth-order valence-corrected chi connectivity index (χ4v) is 1.83. The number of benzene rings is 1. The summed E-state index contributed by atoms with van der Waals surface area (Å²) in [5, 5.41) is 9.05. The Balaban J connectivity index is 2.43. The van der Waals surface area contributed by atoms with Crippen molar-refractivity contribution < 1.29 is 14.6 Å². The number of hydrogen-bond donors (Lipinski definition) is 1. The first-order chi connectivity index (χ1) is 6.68. The van der Waals surface area contributed by atoms with E-state index in [1.54, 1.807) is 0 Å². The summed E-state index contributed by atoms with van der Waals surface area (Å²) < 4.78 is 5.55. The molecule has 2 atom stereocenters. The predicted octanol–water partition coefficient (Wildman–Crippen LogP) is 2.03. The highest BCUT2D eigenvalue weighted by molar-refractivity contribution is 5.77. The van der Waals surface area contributed by atoms with E-state index in [-0.39, 0.29) is 6.10 Å². The Morgan fingerprint density at radius 3 is 2.93 bits per heavy atom. The molecule has 0 fully saturated rings. The molecule has 1 aliphatic heterocycles. The van der Waals surface area contributed by atoms with E-state index in [4.69, 9.17) is 9.84 Å². The van der Waals surface area contributed by atoms with Gasteiger partial charge in [-0.25, -0.2) is 0 Å². The van der Waals surface area contributed by atoms with Gasteiger partial charge in [0.1, 0.15) is 5.75 Å². The molecule has 3 nitrogen and oxygen atoms in total. The van der Waals surface area contributed by atoms with Crippen LogP contribution in [0.1, 0.15) is 24.8 Å². The predicted molar refractivity (Wildman–Crippen MR) is 51.5 cm³/mol. The first-order valence-corrected chi connectivity index (χ1v) is 4.67. The van der Waals surface area contributed by atoms with Crippen LogP contribution in [0.2, 0.25) is 0 Å². The van der Waals surface area contributed by atoms with Crippen LogP contribution in [0, 0.1) is 0 Å². The van der Waals surface area contributed by atoms with Gasteiger partial charge in [0.15, 0.2) is 0 Å². The molecule has 2 unspecified atom stereocenters. The van der Waals surface area contributed by atoms with Crippen molar-refractivity contribution in [2.75, 3.05) is 0 Å². The Kier molecular flexibility index (Phi) is 2.15. The van der Waals surface area contributed by atoms with E-state index < -0.39 is 11.9 Å². The lowest BCUT2D eigenvalue weighted by molar-refractivity contribution is -0.139. The molecule has 0 aromatic heterocycles. The molecule has 0 radical (unpaired) electrons. The van der Waals surface area contributed by atoms with Crippen LogP contribution in [0.15, 0.2) is 24.3 Å². The molecule has 14 heavy (non-hydrogen) atoms. The molecule has 1 aromatic carbocycles. The number of carbonyl (C=O) groups is 1. The average Bonchev–Trinajstić information content (AvgIpc) is 2.16. The molecule has 0 spiro atoms. The number of aliphatic carboxylic acids is 1. The van der Waals surface area contributed by atoms with Crippen molar-refractivity contribution in [1.82, 2.24) is 0 Å². The van der Waals surface area contributed by atoms with E-state index in [2.05, 4.69) is 0 Å². The van der Waals surface area contributed by atoms with Crippen molar-refractivity contribution in [3.05, 3.63) is 29.8 Å². The number of carboxylic acids is 1. The number of fused-ring (bicyclic) bond motifs is 1. The highest BCUT2D eigenvalue weighted by atomic mass is 16.5. The smallest absolute Gasteiger partial charge is 0.311 e. The van der Waals surface area contributed by atoms with Gasteiger partial charge in [-0.15, -0.1) is 0 Å². The van der Waals surface area contributed by atoms with Gasteiger partial charge in [-0.05, 0) is 13.0 Å². The molecule has 1 aliphatic rings. The molecule has 1 aromatic rings. The third-order valence-electron chi connectivity index (χ3n) is 2.49. The summed E-state index contributed by atoms with van der Waals surface area (Å²) in [6, 6.07) is 7.34.